The van der Waals surface area contributed by atoms with Crippen molar-refractivity contribution < 1.29 is 24.3 Å². The Labute approximate surface area is 154 Å². The molecular weight excluding hydrogens is 340 g/mol. The van der Waals surface area contributed by atoms with Gasteiger partial charge in [-0.05, 0) is 17.8 Å². The van der Waals surface area contributed by atoms with Crippen LogP contribution in [0.2, 0.25) is 0 Å². The molecule has 0 heterocycles. The van der Waals surface area contributed by atoms with Crippen LogP contribution in [0.15, 0.2) is 0 Å². The van der Waals surface area contributed by atoms with Crippen molar-refractivity contribution in [1.29, 1.82) is 0 Å². The maximum Gasteiger partial charge on any atom is 0.326 e. The molecule has 0 unspecified atom stereocenters. The van der Waals surface area contributed by atoms with Gasteiger partial charge in [0.2, 0.25) is 17.7 Å². The van der Waals surface area contributed by atoms with Crippen molar-refractivity contribution in [3.63, 3.8) is 0 Å². The van der Waals surface area contributed by atoms with Gasteiger partial charge in [-0.3, -0.25) is 14.4 Å². The summed E-state index contributed by atoms with van der Waals surface area (Å²) >= 11 is 0. The van der Waals surface area contributed by atoms with E-state index in [4.69, 9.17) is 5.73 Å². The summed E-state index contributed by atoms with van der Waals surface area (Å²) in [7, 11) is 0. The fourth-order valence-electron chi connectivity index (χ4n) is 2.10. The monoisotopic (exact) mass is 372 g/mol. The molecule has 3 atom stereocenters. The number of carboxylic acids is 1. The number of nitrogens with two attached hydrogens (primary N) is 1. The third-order valence-corrected chi connectivity index (χ3v) is 3.94. The zero-order chi connectivity index (χ0) is 20.6. The number of aliphatic carboxylic acids is 1. The minimum Gasteiger partial charge on any atom is -0.480 e. The topological polar surface area (TPSA) is 151 Å². The summed E-state index contributed by atoms with van der Waals surface area (Å²) in [5.41, 5.74) is 5.69. The van der Waals surface area contributed by atoms with Gasteiger partial charge in [-0.2, -0.15) is 0 Å². The second-order valence-corrected chi connectivity index (χ2v) is 7.35. The van der Waals surface area contributed by atoms with Gasteiger partial charge in [0.1, 0.15) is 12.1 Å². The molecular formula is C17H32N4O5. The molecule has 0 aliphatic carbocycles. The van der Waals surface area contributed by atoms with E-state index in [-0.39, 0.29) is 24.3 Å². The van der Waals surface area contributed by atoms with E-state index in [0.29, 0.717) is 0 Å². The summed E-state index contributed by atoms with van der Waals surface area (Å²) in [6.45, 7) is 10.1. The summed E-state index contributed by atoms with van der Waals surface area (Å²) in [5, 5.41) is 16.6. The molecule has 9 nitrogen and oxygen atoms in total. The second kappa shape index (κ2) is 10.7. The summed E-state index contributed by atoms with van der Waals surface area (Å²) in [6, 6.07) is -2.70. The van der Waals surface area contributed by atoms with Crippen LogP contribution in [0.5, 0.6) is 0 Å². The lowest BCUT2D eigenvalue weighted by atomic mass is 10.0. The second-order valence-electron chi connectivity index (χ2n) is 7.35. The molecule has 0 aliphatic heterocycles. The molecule has 0 spiro atoms. The Balaban J connectivity index is 4.81. The molecule has 0 rings (SSSR count). The van der Waals surface area contributed by atoms with Gasteiger partial charge in [0.15, 0.2) is 0 Å². The summed E-state index contributed by atoms with van der Waals surface area (Å²) in [5.74, 6) is -3.38. The standard InChI is InChI=1S/C17H32N4O5/c1-8(2)12(18)15(23)19-7-11(22)20-13(9(3)4)16(24)21-14(10(5)6)17(25)26/h8-10,12-14H,7,18H2,1-6H3,(H,19,23)(H,20,22)(H,21,24)(H,25,26)/t12-,13-,14-/m0/s1. The fraction of sp³-hybridized carbons (Fsp3) is 0.765. The van der Waals surface area contributed by atoms with E-state index in [1.165, 1.54) is 0 Å². The Morgan fingerprint density at radius 3 is 1.69 bits per heavy atom. The molecule has 26 heavy (non-hydrogen) atoms. The van der Waals surface area contributed by atoms with Crippen molar-refractivity contribution in [3.05, 3.63) is 0 Å². The van der Waals surface area contributed by atoms with Crippen molar-refractivity contribution in [2.24, 2.45) is 23.5 Å². The average molecular weight is 372 g/mol. The van der Waals surface area contributed by atoms with Gasteiger partial charge in [0.25, 0.3) is 0 Å². The lowest BCUT2D eigenvalue weighted by Crippen LogP contribution is -2.56. The Morgan fingerprint density at radius 1 is 0.808 bits per heavy atom. The third kappa shape index (κ3) is 7.81. The molecule has 9 heteroatoms. The van der Waals surface area contributed by atoms with Crippen molar-refractivity contribution >= 4 is 23.7 Å². The lowest BCUT2D eigenvalue weighted by Gasteiger charge is -2.25. The van der Waals surface area contributed by atoms with Crippen LogP contribution in [0.3, 0.4) is 0 Å². The maximum atomic E-state index is 12.4. The van der Waals surface area contributed by atoms with Gasteiger partial charge in [-0.15, -0.1) is 0 Å². The molecule has 0 radical (unpaired) electrons. The van der Waals surface area contributed by atoms with Crippen LogP contribution in [0, 0.1) is 17.8 Å². The summed E-state index contributed by atoms with van der Waals surface area (Å²) in [6.07, 6.45) is 0. The van der Waals surface area contributed by atoms with E-state index in [0.717, 1.165) is 0 Å². The van der Waals surface area contributed by atoms with E-state index in [1.807, 2.05) is 0 Å². The quantitative estimate of drug-likeness (QED) is 0.347. The van der Waals surface area contributed by atoms with Gasteiger partial charge in [-0.1, -0.05) is 41.5 Å². The first kappa shape index (κ1) is 23.8. The Kier molecular flexibility index (Phi) is 9.85. The van der Waals surface area contributed by atoms with Crippen molar-refractivity contribution in [2.45, 2.75) is 59.7 Å². The first-order chi connectivity index (χ1) is 11.9. The first-order valence-electron chi connectivity index (χ1n) is 8.74. The van der Waals surface area contributed by atoms with Crippen LogP contribution < -0.4 is 21.7 Å². The molecule has 0 saturated carbocycles. The third-order valence-electron chi connectivity index (χ3n) is 3.94. The SMILES string of the molecule is CC(C)[C@H](N)C(=O)NCC(=O)N[C@H](C(=O)N[C@H](C(=O)O)C(C)C)C(C)C. The van der Waals surface area contributed by atoms with Gasteiger partial charge >= 0.3 is 5.97 Å². The van der Waals surface area contributed by atoms with Crippen LogP contribution in [-0.2, 0) is 19.2 Å². The number of carbonyl (C=O) groups excluding carboxylic acids is 3. The van der Waals surface area contributed by atoms with Crippen molar-refractivity contribution in [2.75, 3.05) is 6.54 Å². The van der Waals surface area contributed by atoms with Gasteiger partial charge in [0.05, 0.1) is 12.6 Å². The normalized spacial score (nSPS) is 14.7. The van der Waals surface area contributed by atoms with Crippen LogP contribution in [0.1, 0.15) is 41.5 Å². The molecule has 3 amide bonds. The minimum absolute atomic E-state index is 0.0729. The molecule has 0 fully saturated rings. The number of amides is 3. The zero-order valence-corrected chi connectivity index (χ0v) is 16.3. The summed E-state index contributed by atoms with van der Waals surface area (Å²) < 4.78 is 0. The zero-order valence-electron chi connectivity index (χ0n) is 16.3. The van der Waals surface area contributed by atoms with Gasteiger partial charge in [0, 0.05) is 0 Å². The van der Waals surface area contributed by atoms with E-state index in [1.54, 1.807) is 41.5 Å². The molecule has 6 N–H and O–H groups in total. The fourth-order valence-corrected chi connectivity index (χ4v) is 2.10. The predicted molar refractivity (Wildman–Crippen MR) is 97.0 cm³/mol. The van der Waals surface area contributed by atoms with E-state index < -0.39 is 41.8 Å². The largest absolute Gasteiger partial charge is 0.480 e. The first-order valence-corrected chi connectivity index (χ1v) is 8.74. The van der Waals surface area contributed by atoms with E-state index in [2.05, 4.69) is 16.0 Å². The number of nitrogens with one attached hydrogen (secondary N) is 3. The van der Waals surface area contributed by atoms with Crippen LogP contribution in [0.4, 0.5) is 0 Å². The van der Waals surface area contributed by atoms with Gasteiger partial charge < -0.3 is 26.8 Å². The van der Waals surface area contributed by atoms with Crippen molar-refractivity contribution in [1.82, 2.24) is 16.0 Å². The van der Waals surface area contributed by atoms with E-state index >= 15 is 0 Å². The molecule has 0 aromatic rings. The van der Waals surface area contributed by atoms with Crippen molar-refractivity contribution in [3.8, 4) is 0 Å². The van der Waals surface area contributed by atoms with Crippen LogP contribution >= 0.6 is 0 Å². The Morgan fingerprint density at radius 2 is 1.31 bits per heavy atom. The molecule has 0 aromatic heterocycles. The van der Waals surface area contributed by atoms with Gasteiger partial charge in [-0.25, -0.2) is 4.79 Å². The lowest BCUT2D eigenvalue weighted by molar-refractivity contribution is -0.143. The number of carbonyl (C=O) groups is 4. The highest BCUT2D eigenvalue weighted by Gasteiger charge is 2.30. The molecule has 150 valence electrons. The molecule has 0 aromatic carbocycles. The number of carboxylic acid groups (broad SMARTS) is 1. The minimum atomic E-state index is -1.14. The Bertz CT molecular complexity index is 519. The molecule has 0 saturated heterocycles. The highest BCUT2D eigenvalue weighted by Crippen LogP contribution is 2.06. The predicted octanol–water partition coefficient (Wildman–Crippen LogP) is -0.548. The van der Waals surface area contributed by atoms with Crippen LogP contribution in [0.25, 0.3) is 0 Å². The van der Waals surface area contributed by atoms with E-state index in [9.17, 15) is 24.3 Å². The number of rotatable bonds is 10. The maximum absolute atomic E-state index is 12.4. The smallest absolute Gasteiger partial charge is 0.326 e. The number of hydrogen-bond donors (Lipinski definition) is 5. The highest BCUT2D eigenvalue weighted by molar-refractivity contribution is 5.92. The van der Waals surface area contributed by atoms with Crippen LogP contribution in [-0.4, -0.2) is 53.5 Å². The molecule has 0 aliphatic rings. The highest BCUT2D eigenvalue weighted by atomic mass is 16.4. The molecule has 0 bridgehead atoms. The number of hydrogen-bond acceptors (Lipinski definition) is 5. The Hall–Kier alpha value is -2.16. The average Bonchev–Trinajstić information content (AvgIpc) is 2.53. The summed E-state index contributed by atoms with van der Waals surface area (Å²) in [4.78, 5) is 47.4.